The lowest BCUT2D eigenvalue weighted by molar-refractivity contribution is 0.0893. The Morgan fingerprint density at radius 1 is 1.55 bits per heavy atom. The van der Waals surface area contributed by atoms with Crippen molar-refractivity contribution < 1.29 is 14.2 Å². The molecule has 0 bridgehead atoms. The van der Waals surface area contributed by atoms with E-state index >= 15 is 0 Å². The third-order valence-electron chi connectivity index (χ3n) is 2.92. The molecule has 1 rings (SSSR count). The fourth-order valence-electron chi connectivity index (χ4n) is 1.92. The number of rotatable bonds is 9. The molecule has 1 aliphatic heterocycles. The summed E-state index contributed by atoms with van der Waals surface area (Å²) in [4.78, 5) is 4.24. The van der Waals surface area contributed by atoms with Crippen molar-refractivity contribution in [3.8, 4) is 0 Å². The minimum Gasteiger partial charge on any atom is -0.383 e. The van der Waals surface area contributed by atoms with Crippen molar-refractivity contribution in [1.82, 2.24) is 5.32 Å². The van der Waals surface area contributed by atoms with Crippen molar-refractivity contribution in [3.05, 3.63) is 0 Å². The van der Waals surface area contributed by atoms with Crippen molar-refractivity contribution in [2.45, 2.75) is 25.8 Å². The molecule has 0 amide bonds. The highest BCUT2D eigenvalue weighted by Crippen LogP contribution is 2.12. The van der Waals surface area contributed by atoms with Crippen LogP contribution in [0.1, 0.15) is 19.8 Å². The highest BCUT2D eigenvalue weighted by Gasteiger charge is 2.14. The molecular formula is C13H28IN3O3. The summed E-state index contributed by atoms with van der Waals surface area (Å²) < 4.78 is 15.9. The molecule has 0 radical (unpaired) electrons. The van der Waals surface area contributed by atoms with Crippen LogP contribution in [-0.4, -0.2) is 58.7 Å². The van der Waals surface area contributed by atoms with E-state index in [1.54, 1.807) is 7.11 Å². The van der Waals surface area contributed by atoms with Crippen LogP contribution in [0.25, 0.3) is 0 Å². The summed E-state index contributed by atoms with van der Waals surface area (Å²) in [5, 5.41) is 3.06. The molecule has 2 atom stereocenters. The molecule has 1 saturated heterocycles. The van der Waals surface area contributed by atoms with E-state index in [1.807, 2.05) is 6.92 Å². The van der Waals surface area contributed by atoms with Gasteiger partial charge in [-0.2, -0.15) is 0 Å². The number of halogens is 1. The number of hydrogen-bond donors (Lipinski definition) is 2. The topological polar surface area (TPSA) is 78.1 Å². The molecule has 0 aromatic carbocycles. The van der Waals surface area contributed by atoms with E-state index in [4.69, 9.17) is 19.9 Å². The van der Waals surface area contributed by atoms with Gasteiger partial charge in [-0.25, -0.2) is 0 Å². The molecule has 1 heterocycles. The van der Waals surface area contributed by atoms with Crippen molar-refractivity contribution in [2.24, 2.45) is 16.6 Å². The van der Waals surface area contributed by atoms with Crippen LogP contribution in [0.5, 0.6) is 0 Å². The van der Waals surface area contributed by atoms with Gasteiger partial charge < -0.3 is 25.3 Å². The Labute approximate surface area is 138 Å². The molecule has 0 aliphatic carbocycles. The van der Waals surface area contributed by atoms with Gasteiger partial charge in [-0.15, -0.1) is 24.0 Å². The van der Waals surface area contributed by atoms with E-state index in [0.717, 1.165) is 39.3 Å². The van der Waals surface area contributed by atoms with Gasteiger partial charge in [0, 0.05) is 38.8 Å². The standard InChI is InChI=1S/C13H27N3O3.HI/c1-11(8-17-2)16-13(14)15-5-3-6-18-9-12-4-7-19-10-12;/h11-12H,3-10H2,1-2H3,(H3,14,15,16);1H. The average molecular weight is 401 g/mol. The van der Waals surface area contributed by atoms with Gasteiger partial charge in [0.05, 0.1) is 19.8 Å². The fourth-order valence-corrected chi connectivity index (χ4v) is 1.92. The number of nitrogens with two attached hydrogens (primary N) is 1. The first-order chi connectivity index (χ1) is 9.22. The molecular weight excluding hydrogens is 373 g/mol. The molecule has 6 nitrogen and oxygen atoms in total. The molecule has 0 aromatic rings. The Morgan fingerprint density at radius 3 is 3.00 bits per heavy atom. The first kappa shape index (κ1) is 19.9. The lowest BCUT2D eigenvalue weighted by atomic mass is 10.1. The molecule has 0 aromatic heterocycles. The Kier molecular flexibility index (Phi) is 12.5. The van der Waals surface area contributed by atoms with E-state index < -0.39 is 0 Å². The van der Waals surface area contributed by atoms with Crippen molar-refractivity contribution in [3.63, 3.8) is 0 Å². The van der Waals surface area contributed by atoms with Crippen LogP contribution in [0.15, 0.2) is 4.99 Å². The number of guanidine groups is 1. The molecule has 1 fully saturated rings. The van der Waals surface area contributed by atoms with Gasteiger partial charge in [-0.1, -0.05) is 0 Å². The maximum atomic E-state index is 5.75. The number of ether oxygens (including phenoxy) is 3. The van der Waals surface area contributed by atoms with Crippen molar-refractivity contribution in [1.29, 1.82) is 0 Å². The predicted molar refractivity (Wildman–Crippen MR) is 90.7 cm³/mol. The largest absolute Gasteiger partial charge is 0.383 e. The normalized spacial score (nSPS) is 20.5. The van der Waals surface area contributed by atoms with Gasteiger partial charge in [0.1, 0.15) is 0 Å². The lowest BCUT2D eigenvalue weighted by Gasteiger charge is -2.13. The summed E-state index contributed by atoms with van der Waals surface area (Å²) in [7, 11) is 1.66. The summed E-state index contributed by atoms with van der Waals surface area (Å²) in [5.74, 6) is 1.04. The van der Waals surface area contributed by atoms with E-state index in [1.165, 1.54) is 0 Å². The van der Waals surface area contributed by atoms with Crippen molar-refractivity contribution >= 4 is 29.9 Å². The second-order valence-electron chi connectivity index (χ2n) is 4.93. The summed E-state index contributed by atoms with van der Waals surface area (Å²) in [5.41, 5.74) is 5.75. The minimum absolute atomic E-state index is 0. The number of aliphatic imine (C=N–C) groups is 1. The third kappa shape index (κ3) is 9.73. The molecule has 3 N–H and O–H groups in total. The molecule has 7 heteroatoms. The van der Waals surface area contributed by atoms with Gasteiger partial charge in [-0.05, 0) is 19.8 Å². The number of nitrogens with zero attached hydrogens (tertiary/aromatic N) is 1. The minimum atomic E-state index is 0. The molecule has 20 heavy (non-hydrogen) atoms. The van der Waals surface area contributed by atoms with Crippen LogP contribution in [0.4, 0.5) is 0 Å². The number of nitrogens with one attached hydrogen (secondary N) is 1. The monoisotopic (exact) mass is 401 g/mol. The number of hydrogen-bond acceptors (Lipinski definition) is 4. The van der Waals surface area contributed by atoms with Gasteiger partial charge in [0.25, 0.3) is 0 Å². The first-order valence-corrected chi connectivity index (χ1v) is 6.93. The van der Waals surface area contributed by atoms with E-state index in [0.29, 0.717) is 25.0 Å². The van der Waals surface area contributed by atoms with Crippen LogP contribution >= 0.6 is 24.0 Å². The van der Waals surface area contributed by atoms with Crippen LogP contribution in [-0.2, 0) is 14.2 Å². The summed E-state index contributed by atoms with van der Waals surface area (Å²) in [6, 6.07) is 0.173. The van der Waals surface area contributed by atoms with Crippen LogP contribution in [0, 0.1) is 5.92 Å². The van der Waals surface area contributed by atoms with Crippen LogP contribution in [0.2, 0.25) is 0 Å². The summed E-state index contributed by atoms with van der Waals surface area (Å²) >= 11 is 0. The molecule has 1 aliphatic rings. The summed E-state index contributed by atoms with van der Waals surface area (Å²) in [6.45, 7) is 6.52. The predicted octanol–water partition coefficient (Wildman–Crippen LogP) is 0.987. The summed E-state index contributed by atoms with van der Waals surface area (Å²) in [6.07, 6.45) is 2.00. The first-order valence-electron chi connectivity index (χ1n) is 6.93. The van der Waals surface area contributed by atoms with Gasteiger partial charge in [0.2, 0.25) is 0 Å². The van der Waals surface area contributed by atoms with Gasteiger partial charge in [0.15, 0.2) is 5.96 Å². The Bertz CT molecular complexity index is 261. The van der Waals surface area contributed by atoms with Gasteiger partial charge >= 0.3 is 0 Å². The van der Waals surface area contributed by atoms with E-state index in [2.05, 4.69) is 10.3 Å². The SMILES string of the molecule is COCC(C)NC(N)=NCCCOCC1CCOC1.I. The zero-order valence-electron chi connectivity index (χ0n) is 12.5. The Balaban J connectivity index is 0.00000361. The Hall–Kier alpha value is -0.120. The maximum absolute atomic E-state index is 5.75. The molecule has 120 valence electrons. The zero-order valence-corrected chi connectivity index (χ0v) is 14.8. The van der Waals surface area contributed by atoms with Crippen molar-refractivity contribution in [2.75, 3.05) is 46.7 Å². The highest BCUT2D eigenvalue weighted by molar-refractivity contribution is 14.0. The molecule has 0 spiro atoms. The zero-order chi connectivity index (χ0) is 13.9. The average Bonchev–Trinajstić information content (AvgIpc) is 2.86. The second-order valence-corrected chi connectivity index (χ2v) is 4.93. The highest BCUT2D eigenvalue weighted by atomic mass is 127. The fraction of sp³-hybridized carbons (Fsp3) is 0.923. The van der Waals surface area contributed by atoms with E-state index in [9.17, 15) is 0 Å². The van der Waals surface area contributed by atoms with Gasteiger partial charge in [-0.3, -0.25) is 4.99 Å². The molecule has 0 saturated carbocycles. The number of methoxy groups -OCH3 is 1. The quantitative estimate of drug-likeness (QED) is 0.261. The Morgan fingerprint density at radius 2 is 2.35 bits per heavy atom. The third-order valence-corrected chi connectivity index (χ3v) is 2.92. The van der Waals surface area contributed by atoms with Crippen LogP contribution in [0.3, 0.4) is 0 Å². The smallest absolute Gasteiger partial charge is 0.188 e. The second kappa shape index (κ2) is 12.6. The van der Waals surface area contributed by atoms with E-state index in [-0.39, 0.29) is 30.0 Å². The molecule has 2 unspecified atom stereocenters. The maximum Gasteiger partial charge on any atom is 0.188 e. The lowest BCUT2D eigenvalue weighted by Crippen LogP contribution is -2.40. The van der Waals surface area contributed by atoms with Crippen LogP contribution < -0.4 is 11.1 Å².